The molecule has 6 nitrogen and oxygen atoms in total. The van der Waals surface area contributed by atoms with Gasteiger partial charge in [-0.2, -0.15) is 0 Å². The number of hydrogen-bond donors (Lipinski definition) is 2. The third-order valence-electron chi connectivity index (χ3n) is 2.04. The van der Waals surface area contributed by atoms with Crippen molar-refractivity contribution in [2.24, 2.45) is 10.9 Å². The van der Waals surface area contributed by atoms with Gasteiger partial charge in [-0.05, 0) is 6.42 Å². The van der Waals surface area contributed by atoms with Gasteiger partial charge in [-0.25, -0.2) is 0 Å². The number of rotatable bonds is 2. The SMILES string of the molecule is N/C(CC(=O)N1CCCOCC1)=N\O. The van der Waals surface area contributed by atoms with Crippen LogP contribution in [0.1, 0.15) is 12.8 Å². The summed E-state index contributed by atoms with van der Waals surface area (Å²) in [4.78, 5) is 13.2. The van der Waals surface area contributed by atoms with E-state index in [2.05, 4.69) is 5.16 Å². The minimum absolute atomic E-state index is 0.0313. The quantitative estimate of drug-likeness (QED) is 0.269. The molecule has 1 amide bonds. The standard InChI is InChI=1S/C8H15N3O3/c9-7(10-13)6-8(12)11-2-1-4-14-5-3-11/h13H,1-6H2,(H2,9,10). The Labute approximate surface area is 82.3 Å². The average Bonchev–Trinajstić information content (AvgIpc) is 2.45. The second-order valence-electron chi connectivity index (χ2n) is 3.11. The summed E-state index contributed by atoms with van der Waals surface area (Å²) >= 11 is 0. The van der Waals surface area contributed by atoms with Gasteiger partial charge in [0.15, 0.2) is 0 Å². The first-order chi connectivity index (χ1) is 6.74. The van der Waals surface area contributed by atoms with Gasteiger partial charge in [0.1, 0.15) is 5.84 Å². The Morgan fingerprint density at radius 2 is 2.29 bits per heavy atom. The molecule has 0 bridgehead atoms. The molecule has 0 saturated carbocycles. The molecule has 14 heavy (non-hydrogen) atoms. The summed E-state index contributed by atoms with van der Waals surface area (Å²) in [5.74, 6) is -0.175. The maximum Gasteiger partial charge on any atom is 0.230 e. The Morgan fingerprint density at radius 1 is 1.50 bits per heavy atom. The number of nitrogens with two attached hydrogens (primary N) is 1. The molecular weight excluding hydrogens is 186 g/mol. The van der Waals surface area contributed by atoms with Gasteiger partial charge in [0, 0.05) is 19.7 Å². The predicted octanol–water partition coefficient (Wildman–Crippen LogP) is -0.628. The lowest BCUT2D eigenvalue weighted by Gasteiger charge is -2.18. The molecule has 0 spiro atoms. The molecule has 1 heterocycles. The highest BCUT2D eigenvalue weighted by Crippen LogP contribution is 2.01. The molecule has 0 aromatic rings. The Morgan fingerprint density at radius 3 is 3.00 bits per heavy atom. The van der Waals surface area contributed by atoms with E-state index in [0.717, 1.165) is 6.42 Å². The summed E-state index contributed by atoms with van der Waals surface area (Å²) in [6, 6.07) is 0. The summed E-state index contributed by atoms with van der Waals surface area (Å²) < 4.78 is 5.20. The summed E-state index contributed by atoms with van der Waals surface area (Å²) in [6.07, 6.45) is 0.804. The van der Waals surface area contributed by atoms with Crippen LogP contribution < -0.4 is 5.73 Å². The minimum Gasteiger partial charge on any atom is -0.409 e. The lowest BCUT2D eigenvalue weighted by atomic mass is 10.3. The topological polar surface area (TPSA) is 88.2 Å². The van der Waals surface area contributed by atoms with E-state index in [1.54, 1.807) is 4.90 Å². The number of ether oxygens (including phenoxy) is 1. The normalized spacial score (nSPS) is 19.1. The third kappa shape index (κ3) is 3.21. The molecule has 1 rings (SSSR count). The maximum atomic E-state index is 11.5. The van der Waals surface area contributed by atoms with Crippen LogP contribution in [-0.2, 0) is 9.53 Å². The molecule has 0 radical (unpaired) electrons. The van der Waals surface area contributed by atoms with E-state index < -0.39 is 0 Å². The molecular formula is C8H15N3O3. The van der Waals surface area contributed by atoms with Crippen molar-refractivity contribution in [2.75, 3.05) is 26.3 Å². The molecule has 1 aliphatic rings. The summed E-state index contributed by atoms with van der Waals surface area (Å²) in [6.45, 7) is 2.50. The van der Waals surface area contributed by atoms with Crippen molar-refractivity contribution in [1.29, 1.82) is 0 Å². The Bertz CT molecular complexity index is 222. The van der Waals surface area contributed by atoms with Crippen molar-refractivity contribution in [3.63, 3.8) is 0 Å². The van der Waals surface area contributed by atoms with E-state index in [4.69, 9.17) is 15.7 Å². The van der Waals surface area contributed by atoms with Crippen LogP contribution in [0, 0.1) is 0 Å². The van der Waals surface area contributed by atoms with E-state index in [-0.39, 0.29) is 18.2 Å². The lowest BCUT2D eigenvalue weighted by molar-refractivity contribution is -0.129. The largest absolute Gasteiger partial charge is 0.409 e. The summed E-state index contributed by atoms with van der Waals surface area (Å²) in [5.41, 5.74) is 5.24. The van der Waals surface area contributed by atoms with Gasteiger partial charge in [-0.15, -0.1) is 0 Å². The van der Waals surface area contributed by atoms with Crippen LogP contribution in [0.25, 0.3) is 0 Å². The number of oxime groups is 1. The first-order valence-electron chi connectivity index (χ1n) is 4.56. The molecule has 0 unspecified atom stereocenters. The Hall–Kier alpha value is -1.30. The monoisotopic (exact) mass is 201 g/mol. The molecule has 1 saturated heterocycles. The van der Waals surface area contributed by atoms with Crippen molar-refractivity contribution < 1.29 is 14.7 Å². The highest BCUT2D eigenvalue weighted by molar-refractivity contribution is 5.98. The number of hydrogen-bond acceptors (Lipinski definition) is 4. The van der Waals surface area contributed by atoms with E-state index in [0.29, 0.717) is 26.3 Å². The molecule has 0 aliphatic carbocycles. The van der Waals surface area contributed by atoms with Gasteiger partial charge in [0.25, 0.3) is 0 Å². The molecule has 6 heteroatoms. The second kappa shape index (κ2) is 5.43. The van der Waals surface area contributed by atoms with Crippen LogP contribution in [0.5, 0.6) is 0 Å². The molecule has 1 aliphatic heterocycles. The lowest BCUT2D eigenvalue weighted by Crippen LogP contribution is -2.35. The van der Waals surface area contributed by atoms with E-state index in [1.165, 1.54) is 0 Å². The molecule has 1 fully saturated rings. The predicted molar refractivity (Wildman–Crippen MR) is 50.0 cm³/mol. The minimum atomic E-state index is -0.120. The zero-order valence-electron chi connectivity index (χ0n) is 7.98. The van der Waals surface area contributed by atoms with Gasteiger partial charge >= 0.3 is 0 Å². The maximum absolute atomic E-state index is 11.5. The smallest absolute Gasteiger partial charge is 0.230 e. The van der Waals surface area contributed by atoms with Crippen LogP contribution in [0.4, 0.5) is 0 Å². The molecule has 80 valence electrons. The average molecular weight is 201 g/mol. The highest BCUT2D eigenvalue weighted by Gasteiger charge is 2.16. The van der Waals surface area contributed by atoms with Crippen molar-refractivity contribution in [3.05, 3.63) is 0 Å². The number of carbonyl (C=O) groups excluding carboxylic acids is 1. The van der Waals surface area contributed by atoms with Gasteiger partial charge < -0.3 is 20.6 Å². The number of amides is 1. The van der Waals surface area contributed by atoms with Crippen molar-refractivity contribution >= 4 is 11.7 Å². The third-order valence-corrected chi connectivity index (χ3v) is 2.04. The van der Waals surface area contributed by atoms with Gasteiger partial charge in [-0.1, -0.05) is 5.16 Å². The molecule has 0 aromatic heterocycles. The van der Waals surface area contributed by atoms with Crippen LogP contribution >= 0.6 is 0 Å². The summed E-state index contributed by atoms with van der Waals surface area (Å²) in [7, 11) is 0. The van der Waals surface area contributed by atoms with Gasteiger partial charge in [0.2, 0.25) is 5.91 Å². The Kier molecular flexibility index (Phi) is 4.18. The fourth-order valence-electron chi connectivity index (χ4n) is 1.30. The molecule has 0 atom stereocenters. The van der Waals surface area contributed by atoms with E-state index >= 15 is 0 Å². The number of amidine groups is 1. The number of carbonyl (C=O) groups is 1. The van der Waals surface area contributed by atoms with Gasteiger partial charge in [-0.3, -0.25) is 4.79 Å². The van der Waals surface area contributed by atoms with Crippen LogP contribution in [0.15, 0.2) is 5.16 Å². The zero-order chi connectivity index (χ0) is 10.4. The van der Waals surface area contributed by atoms with Crippen molar-refractivity contribution in [3.8, 4) is 0 Å². The first kappa shape index (κ1) is 10.8. The van der Waals surface area contributed by atoms with Crippen molar-refractivity contribution in [2.45, 2.75) is 12.8 Å². The van der Waals surface area contributed by atoms with Crippen molar-refractivity contribution in [1.82, 2.24) is 4.90 Å². The fourth-order valence-corrected chi connectivity index (χ4v) is 1.30. The fraction of sp³-hybridized carbons (Fsp3) is 0.750. The van der Waals surface area contributed by atoms with E-state index in [1.807, 2.05) is 0 Å². The molecule has 0 aromatic carbocycles. The zero-order valence-corrected chi connectivity index (χ0v) is 7.98. The van der Waals surface area contributed by atoms with Gasteiger partial charge in [0.05, 0.1) is 13.0 Å². The number of nitrogens with zero attached hydrogens (tertiary/aromatic N) is 2. The van der Waals surface area contributed by atoms with Crippen LogP contribution in [0.3, 0.4) is 0 Å². The second-order valence-corrected chi connectivity index (χ2v) is 3.11. The first-order valence-corrected chi connectivity index (χ1v) is 4.56. The highest BCUT2D eigenvalue weighted by atomic mass is 16.5. The van der Waals surface area contributed by atoms with Crippen LogP contribution in [-0.4, -0.2) is 48.2 Å². The summed E-state index contributed by atoms with van der Waals surface area (Å²) in [5, 5.41) is 11.1. The van der Waals surface area contributed by atoms with Crippen LogP contribution in [0.2, 0.25) is 0 Å². The Balaban J connectivity index is 2.42. The molecule has 3 N–H and O–H groups in total. The van der Waals surface area contributed by atoms with E-state index in [9.17, 15) is 4.79 Å².